The van der Waals surface area contributed by atoms with Gasteiger partial charge in [-0.1, -0.05) is 0 Å². The zero-order chi connectivity index (χ0) is 14.5. The predicted octanol–water partition coefficient (Wildman–Crippen LogP) is 1.80. The van der Waals surface area contributed by atoms with Crippen molar-refractivity contribution in [3.05, 3.63) is 0 Å². The lowest BCUT2D eigenvalue weighted by molar-refractivity contribution is 0.104. The zero-order valence-corrected chi connectivity index (χ0v) is 12.4. The summed E-state index contributed by atoms with van der Waals surface area (Å²) in [6.07, 6.45) is 4.86. The van der Waals surface area contributed by atoms with Crippen LogP contribution in [0.1, 0.15) is 39.0 Å². The van der Waals surface area contributed by atoms with Gasteiger partial charge in [0.1, 0.15) is 0 Å². The number of likely N-dealkylation sites (tertiary alicyclic amines) is 2. The molecule has 0 radical (unpaired) electrons. The van der Waals surface area contributed by atoms with Crippen molar-refractivity contribution >= 4 is 12.1 Å². The number of carbonyl (C=O) groups is 2. The van der Waals surface area contributed by atoms with Crippen LogP contribution in [0.5, 0.6) is 0 Å². The van der Waals surface area contributed by atoms with E-state index in [9.17, 15) is 9.59 Å². The molecule has 0 aromatic heterocycles. The number of methoxy groups -OCH3 is 1. The number of nitrogens with zero attached hydrogens (tertiary/aromatic N) is 2. The Hall–Kier alpha value is -1.46. The maximum Gasteiger partial charge on any atom is 0.409 e. The van der Waals surface area contributed by atoms with Crippen LogP contribution < -0.4 is 5.32 Å². The van der Waals surface area contributed by atoms with Crippen molar-refractivity contribution in [3.8, 4) is 0 Å². The van der Waals surface area contributed by atoms with E-state index >= 15 is 0 Å². The summed E-state index contributed by atoms with van der Waals surface area (Å²) >= 11 is 0. The molecule has 2 fully saturated rings. The molecule has 2 aliphatic heterocycles. The van der Waals surface area contributed by atoms with E-state index in [4.69, 9.17) is 4.74 Å². The van der Waals surface area contributed by atoms with E-state index in [0.717, 1.165) is 32.2 Å². The minimum absolute atomic E-state index is 0.00826. The first-order valence-electron chi connectivity index (χ1n) is 7.52. The third-order valence-electron chi connectivity index (χ3n) is 4.25. The van der Waals surface area contributed by atoms with Crippen LogP contribution in [0.4, 0.5) is 9.59 Å². The molecule has 0 saturated carbocycles. The molecule has 2 aliphatic rings. The van der Waals surface area contributed by atoms with Crippen molar-refractivity contribution in [2.24, 2.45) is 0 Å². The number of ether oxygens (including phenoxy) is 1. The highest BCUT2D eigenvalue weighted by atomic mass is 16.5. The molecule has 0 bridgehead atoms. The van der Waals surface area contributed by atoms with Crippen LogP contribution >= 0.6 is 0 Å². The van der Waals surface area contributed by atoms with Crippen LogP contribution in [0.15, 0.2) is 0 Å². The number of carbonyl (C=O) groups excluding carboxylic acids is 2. The number of rotatable bonds is 1. The van der Waals surface area contributed by atoms with Gasteiger partial charge in [-0.15, -0.1) is 0 Å². The molecule has 0 unspecified atom stereocenters. The third kappa shape index (κ3) is 3.55. The molecule has 6 nitrogen and oxygen atoms in total. The monoisotopic (exact) mass is 283 g/mol. The number of amides is 3. The summed E-state index contributed by atoms with van der Waals surface area (Å²) in [6.45, 7) is 4.18. The fraction of sp³-hybridized carbons (Fsp3) is 0.857. The molecule has 2 saturated heterocycles. The molecule has 2 heterocycles. The highest BCUT2D eigenvalue weighted by molar-refractivity contribution is 5.75. The average Bonchev–Trinajstić information content (AvgIpc) is 2.47. The van der Waals surface area contributed by atoms with Crippen molar-refractivity contribution in [2.45, 2.75) is 51.1 Å². The van der Waals surface area contributed by atoms with Gasteiger partial charge in [-0.3, -0.25) is 0 Å². The molecular formula is C14H25N3O3. The second-order valence-electron chi connectivity index (χ2n) is 5.74. The van der Waals surface area contributed by atoms with Crippen LogP contribution in [0.2, 0.25) is 0 Å². The number of urea groups is 1. The van der Waals surface area contributed by atoms with Crippen molar-refractivity contribution in [2.75, 3.05) is 26.7 Å². The molecule has 3 amide bonds. The first-order valence-corrected chi connectivity index (χ1v) is 7.52. The first kappa shape index (κ1) is 14.9. The van der Waals surface area contributed by atoms with Gasteiger partial charge in [0.2, 0.25) is 0 Å². The molecule has 0 aliphatic carbocycles. The normalized spacial score (nSPS) is 27.1. The van der Waals surface area contributed by atoms with Gasteiger partial charge in [-0.05, 0) is 39.0 Å². The smallest absolute Gasteiger partial charge is 0.409 e. The van der Waals surface area contributed by atoms with Crippen molar-refractivity contribution < 1.29 is 14.3 Å². The maximum absolute atomic E-state index is 12.3. The lowest BCUT2D eigenvalue weighted by Crippen LogP contribution is -2.55. The van der Waals surface area contributed by atoms with E-state index in [1.807, 2.05) is 4.90 Å². The highest BCUT2D eigenvalue weighted by Gasteiger charge is 2.28. The second-order valence-corrected chi connectivity index (χ2v) is 5.74. The average molecular weight is 283 g/mol. The van der Waals surface area contributed by atoms with E-state index in [1.165, 1.54) is 13.5 Å². The SMILES string of the molecule is COC(=O)N1CCC[C@H](NC(=O)N2CCCC[C@@H]2C)C1. The quantitative estimate of drug-likeness (QED) is 0.798. The Labute approximate surface area is 120 Å². The van der Waals surface area contributed by atoms with Gasteiger partial charge < -0.3 is 19.9 Å². The van der Waals surface area contributed by atoms with Crippen molar-refractivity contribution in [1.29, 1.82) is 0 Å². The summed E-state index contributed by atoms with van der Waals surface area (Å²) in [7, 11) is 1.39. The standard InChI is InChI=1S/C14H25N3O3/c1-11-6-3-4-9-17(11)13(18)15-12-7-5-8-16(10-12)14(19)20-2/h11-12H,3-10H2,1-2H3,(H,15,18)/t11-,12-/m0/s1. The first-order chi connectivity index (χ1) is 9.61. The molecule has 1 N–H and O–H groups in total. The van der Waals surface area contributed by atoms with Gasteiger partial charge in [0, 0.05) is 31.7 Å². The largest absolute Gasteiger partial charge is 0.453 e. The Morgan fingerprint density at radius 2 is 1.95 bits per heavy atom. The Kier molecular flexibility index (Phi) is 5.09. The molecular weight excluding hydrogens is 258 g/mol. The minimum Gasteiger partial charge on any atom is -0.453 e. The summed E-state index contributed by atoms with van der Waals surface area (Å²) in [4.78, 5) is 27.4. The lowest BCUT2D eigenvalue weighted by Gasteiger charge is -2.37. The molecule has 6 heteroatoms. The minimum atomic E-state index is -0.310. The van der Waals surface area contributed by atoms with Gasteiger partial charge in [0.25, 0.3) is 0 Å². The molecule has 0 spiro atoms. The Morgan fingerprint density at radius 3 is 2.65 bits per heavy atom. The molecule has 2 rings (SSSR count). The summed E-state index contributed by atoms with van der Waals surface area (Å²) in [5.41, 5.74) is 0. The van der Waals surface area contributed by atoms with Crippen LogP contribution in [0.25, 0.3) is 0 Å². The van der Waals surface area contributed by atoms with E-state index in [-0.39, 0.29) is 18.2 Å². The van der Waals surface area contributed by atoms with Gasteiger partial charge >= 0.3 is 12.1 Å². The number of hydrogen-bond acceptors (Lipinski definition) is 3. The van der Waals surface area contributed by atoms with Gasteiger partial charge in [-0.25, -0.2) is 9.59 Å². The van der Waals surface area contributed by atoms with Gasteiger partial charge in [0.15, 0.2) is 0 Å². The molecule has 0 aromatic carbocycles. The zero-order valence-electron chi connectivity index (χ0n) is 12.4. The van der Waals surface area contributed by atoms with Crippen molar-refractivity contribution in [1.82, 2.24) is 15.1 Å². The number of nitrogens with one attached hydrogen (secondary N) is 1. The van der Waals surface area contributed by atoms with Crippen LogP contribution in [-0.4, -0.2) is 60.8 Å². The summed E-state index contributed by atoms with van der Waals surface area (Å²) < 4.78 is 4.74. The summed E-state index contributed by atoms with van der Waals surface area (Å²) in [6, 6.07) is 0.349. The number of piperidine rings is 2. The molecule has 20 heavy (non-hydrogen) atoms. The van der Waals surface area contributed by atoms with Crippen LogP contribution in [0, 0.1) is 0 Å². The fourth-order valence-corrected chi connectivity index (χ4v) is 3.05. The van der Waals surface area contributed by atoms with E-state index in [0.29, 0.717) is 19.1 Å². The van der Waals surface area contributed by atoms with Gasteiger partial charge in [-0.2, -0.15) is 0 Å². The Morgan fingerprint density at radius 1 is 1.15 bits per heavy atom. The molecule has 114 valence electrons. The highest BCUT2D eigenvalue weighted by Crippen LogP contribution is 2.17. The fourth-order valence-electron chi connectivity index (χ4n) is 3.05. The van der Waals surface area contributed by atoms with E-state index in [2.05, 4.69) is 12.2 Å². The predicted molar refractivity (Wildman–Crippen MR) is 75.6 cm³/mol. The molecule has 2 atom stereocenters. The van der Waals surface area contributed by atoms with E-state index < -0.39 is 0 Å². The van der Waals surface area contributed by atoms with Gasteiger partial charge in [0.05, 0.1) is 7.11 Å². The van der Waals surface area contributed by atoms with E-state index in [1.54, 1.807) is 4.90 Å². The Balaban J connectivity index is 1.85. The maximum atomic E-state index is 12.3. The second kappa shape index (κ2) is 6.81. The molecule has 0 aromatic rings. The van der Waals surface area contributed by atoms with Crippen LogP contribution in [0.3, 0.4) is 0 Å². The topological polar surface area (TPSA) is 61.9 Å². The lowest BCUT2D eigenvalue weighted by atomic mass is 10.0. The third-order valence-corrected chi connectivity index (χ3v) is 4.25. The summed E-state index contributed by atoms with van der Waals surface area (Å²) in [5.74, 6) is 0. The summed E-state index contributed by atoms with van der Waals surface area (Å²) in [5, 5.41) is 3.07. The Bertz CT molecular complexity index is 362. The van der Waals surface area contributed by atoms with Crippen LogP contribution in [-0.2, 0) is 4.74 Å². The number of hydrogen-bond donors (Lipinski definition) is 1. The van der Waals surface area contributed by atoms with Crippen molar-refractivity contribution in [3.63, 3.8) is 0 Å².